The first kappa shape index (κ1) is 12.1. The molecule has 2 aromatic heterocycles. The maximum absolute atomic E-state index is 11.3. The summed E-state index contributed by atoms with van der Waals surface area (Å²) in [7, 11) is 0. The van der Waals surface area contributed by atoms with Gasteiger partial charge in [-0.2, -0.15) is 0 Å². The molecule has 0 aliphatic heterocycles. The Morgan fingerprint density at radius 2 is 2.05 bits per heavy atom. The Kier molecular flexibility index (Phi) is 2.97. The Hall–Kier alpha value is -1.91. The Balaban J connectivity index is 2.20. The standard InChI is InChI=1S/C15H12O3S/c1-9(17)13-6-7-14(19-13)15-11(8-16)10-4-2-3-5-12(10)18-15/h2-7,16H,8H2,1H3. The smallest absolute Gasteiger partial charge is 0.169 e. The lowest BCUT2D eigenvalue weighted by Gasteiger charge is -1.95. The van der Waals surface area contributed by atoms with Crippen LogP contribution in [0, 0.1) is 0 Å². The molecular weight excluding hydrogens is 260 g/mol. The fourth-order valence-electron chi connectivity index (χ4n) is 2.10. The first-order valence-electron chi connectivity index (χ1n) is 5.93. The second kappa shape index (κ2) is 4.64. The molecule has 2 heterocycles. The van der Waals surface area contributed by atoms with Crippen molar-refractivity contribution in [1.82, 2.24) is 0 Å². The van der Waals surface area contributed by atoms with Gasteiger partial charge in [0, 0.05) is 10.9 Å². The molecule has 0 bridgehead atoms. The van der Waals surface area contributed by atoms with Gasteiger partial charge in [-0.05, 0) is 25.1 Å². The molecule has 0 atom stereocenters. The minimum atomic E-state index is -0.0837. The van der Waals surface area contributed by atoms with Crippen LogP contribution in [0.5, 0.6) is 0 Å². The van der Waals surface area contributed by atoms with Crippen LogP contribution < -0.4 is 0 Å². The van der Waals surface area contributed by atoms with Crippen molar-refractivity contribution in [3.05, 3.63) is 46.8 Å². The van der Waals surface area contributed by atoms with Crippen molar-refractivity contribution in [3.63, 3.8) is 0 Å². The van der Waals surface area contributed by atoms with Crippen molar-refractivity contribution in [1.29, 1.82) is 0 Å². The molecule has 0 amide bonds. The summed E-state index contributed by atoms with van der Waals surface area (Å²) in [5.41, 5.74) is 1.52. The average Bonchev–Trinajstić information content (AvgIpc) is 3.02. The van der Waals surface area contributed by atoms with Crippen LogP contribution in [-0.2, 0) is 6.61 Å². The normalized spacial score (nSPS) is 11.1. The highest BCUT2D eigenvalue weighted by Gasteiger charge is 2.17. The van der Waals surface area contributed by atoms with Crippen molar-refractivity contribution in [3.8, 4) is 10.6 Å². The molecule has 0 spiro atoms. The van der Waals surface area contributed by atoms with Crippen molar-refractivity contribution in [2.75, 3.05) is 0 Å². The molecule has 0 fully saturated rings. The lowest BCUT2D eigenvalue weighted by molar-refractivity contribution is 0.102. The third-order valence-electron chi connectivity index (χ3n) is 3.03. The Bertz CT molecular complexity index is 752. The van der Waals surface area contributed by atoms with E-state index < -0.39 is 0 Å². The summed E-state index contributed by atoms with van der Waals surface area (Å²) in [6, 6.07) is 11.3. The van der Waals surface area contributed by atoms with Crippen molar-refractivity contribution >= 4 is 28.1 Å². The lowest BCUT2D eigenvalue weighted by Crippen LogP contribution is -1.84. The number of para-hydroxylation sites is 1. The molecule has 4 heteroatoms. The van der Waals surface area contributed by atoms with Gasteiger partial charge in [0.25, 0.3) is 0 Å². The topological polar surface area (TPSA) is 50.4 Å². The van der Waals surface area contributed by atoms with Crippen LogP contribution in [0.4, 0.5) is 0 Å². The predicted octanol–water partition coefficient (Wildman–Crippen LogP) is 3.86. The molecule has 0 saturated carbocycles. The first-order valence-corrected chi connectivity index (χ1v) is 6.74. The minimum absolute atomic E-state index is 0.0397. The number of Topliss-reactive ketones (excluding diaryl/α,β-unsaturated/α-hetero) is 1. The number of carbonyl (C=O) groups is 1. The Morgan fingerprint density at radius 1 is 1.26 bits per heavy atom. The van der Waals surface area contributed by atoms with Gasteiger partial charge in [0.05, 0.1) is 16.4 Å². The van der Waals surface area contributed by atoms with E-state index in [2.05, 4.69) is 0 Å². The minimum Gasteiger partial charge on any atom is -0.455 e. The van der Waals surface area contributed by atoms with E-state index in [1.807, 2.05) is 30.3 Å². The highest BCUT2D eigenvalue weighted by molar-refractivity contribution is 7.17. The number of hydrogen-bond donors (Lipinski definition) is 1. The van der Waals surface area contributed by atoms with Gasteiger partial charge in [-0.25, -0.2) is 0 Å². The van der Waals surface area contributed by atoms with Crippen LogP contribution in [-0.4, -0.2) is 10.9 Å². The molecule has 1 aromatic carbocycles. The zero-order valence-corrected chi connectivity index (χ0v) is 11.2. The number of aliphatic hydroxyl groups excluding tert-OH is 1. The van der Waals surface area contributed by atoms with Crippen LogP contribution in [0.15, 0.2) is 40.8 Å². The number of thiophene rings is 1. The molecular formula is C15H12O3S. The van der Waals surface area contributed by atoms with Crippen LogP contribution in [0.1, 0.15) is 22.2 Å². The van der Waals surface area contributed by atoms with E-state index in [0.717, 1.165) is 21.4 Å². The Morgan fingerprint density at radius 3 is 2.74 bits per heavy atom. The first-order chi connectivity index (χ1) is 9.20. The van der Waals surface area contributed by atoms with Crippen molar-refractivity contribution in [2.45, 2.75) is 13.5 Å². The highest BCUT2D eigenvalue weighted by atomic mass is 32.1. The maximum Gasteiger partial charge on any atom is 0.169 e. The monoisotopic (exact) mass is 272 g/mol. The molecule has 0 unspecified atom stereocenters. The summed E-state index contributed by atoms with van der Waals surface area (Å²) in [6.07, 6.45) is 0. The molecule has 0 radical (unpaired) electrons. The van der Waals surface area contributed by atoms with E-state index in [1.165, 1.54) is 11.3 Å². The number of carbonyl (C=O) groups excluding carboxylic acids is 1. The predicted molar refractivity (Wildman–Crippen MR) is 75.5 cm³/mol. The lowest BCUT2D eigenvalue weighted by atomic mass is 10.1. The zero-order valence-electron chi connectivity index (χ0n) is 10.3. The van der Waals surface area contributed by atoms with Gasteiger partial charge in [-0.3, -0.25) is 4.79 Å². The second-order valence-electron chi connectivity index (χ2n) is 4.28. The van der Waals surface area contributed by atoms with Gasteiger partial charge in [-0.15, -0.1) is 11.3 Å². The van der Waals surface area contributed by atoms with Gasteiger partial charge in [0.2, 0.25) is 0 Å². The van der Waals surface area contributed by atoms with Crippen molar-refractivity contribution < 1.29 is 14.3 Å². The van der Waals surface area contributed by atoms with Crippen LogP contribution in [0.25, 0.3) is 21.6 Å². The summed E-state index contributed by atoms with van der Waals surface area (Å²) >= 11 is 1.38. The van der Waals surface area contributed by atoms with Gasteiger partial charge in [0.15, 0.2) is 11.5 Å². The number of fused-ring (bicyclic) bond motifs is 1. The number of ketones is 1. The van der Waals surface area contributed by atoms with Gasteiger partial charge < -0.3 is 9.52 Å². The molecule has 3 rings (SSSR count). The summed E-state index contributed by atoms with van der Waals surface area (Å²) in [5.74, 6) is 0.694. The molecule has 3 nitrogen and oxygen atoms in total. The van der Waals surface area contributed by atoms with Crippen LogP contribution in [0.2, 0.25) is 0 Å². The Labute approximate surface area is 114 Å². The molecule has 96 valence electrons. The molecule has 0 aliphatic carbocycles. The van der Waals surface area contributed by atoms with Gasteiger partial charge in [-0.1, -0.05) is 18.2 Å². The van der Waals surface area contributed by atoms with E-state index >= 15 is 0 Å². The number of benzene rings is 1. The van der Waals surface area contributed by atoms with E-state index in [9.17, 15) is 9.90 Å². The van der Waals surface area contributed by atoms with Crippen LogP contribution in [0.3, 0.4) is 0 Å². The third kappa shape index (κ3) is 1.99. The number of rotatable bonds is 3. The summed E-state index contributed by atoms with van der Waals surface area (Å²) in [4.78, 5) is 12.9. The number of aliphatic hydroxyl groups is 1. The molecule has 0 aliphatic rings. The summed E-state index contributed by atoms with van der Waals surface area (Å²) in [5, 5.41) is 10.5. The number of hydrogen-bond acceptors (Lipinski definition) is 4. The van der Waals surface area contributed by atoms with E-state index in [-0.39, 0.29) is 12.4 Å². The maximum atomic E-state index is 11.3. The summed E-state index contributed by atoms with van der Waals surface area (Å²) in [6.45, 7) is 1.46. The molecule has 3 aromatic rings. The van der Waals surface area contributed by atoms with E-state index in [4.69, 9.17) is 4.42 Å². The molecule has 1 N–H and O–H groups in total. The largest absolute Gasteiger partial charge is 0.455 e. The van der Waals surface area contributed by atoms with Gasteiger partial charge in [0.1, 0.15) is 5.58 Å². The van der Waals surface area contributed by atoms with E-state index in [1.54, 1.807) is 13.0 Å². The van der Waals surface area contributed by atoms with Crippen LogP contribution >= 0.6 is 11.3 Å². The zero-order chi connectivity index (χ0) is 13.4. The quantitative estimate of drug-likeness (QED) is 0.737. The van der Waals surface area contributed by atoms with E-state index in [0.29, 0.717) is 10.6 Å². The SMILES string of the molecule is CC(=O)c1ccc(-c2oc3ccccc3c2CO)s1. The third-order valence-corrected chi connectivity index (χ3v) is 4.22. The van der Waals surface area contributed by atoms with Gasteiger partial charge >= 0.3 is 0 Å². The van der Waals surface area contributed by atoms with Crippen molar-refractivity contribution in [2.24, 2.45) is 0 Å². The molecule has 19 heavy (non-hydrogen) atoms. The second-order valence-corrected chi connectivity index (χ2v) is 5.37. The highest BCUT2D eigenvalue weighted by Crippen LogP contribution is 2.37. The molecule has 0 saturated heterocycles. The number of furan rings is 1. The fourth-order valence-corrected chi connectivity index (χ4v) is 3.01. The average molecular weight is 272 g/mol. The fraction of sp³-hybridized carbons (Fsp3) is 0.133. The summed E-state index contributed by atoms with van der Waals surface area (Å²) < 4.78 is 5.81.